The lowest BCUT2D eigenvalue weighted by atomic mass is 10.2. The topological polar surface area (TPSA) is 64.8 Å². The molecule has 0 spiro atoms. The Balaban J connectivity index is 1.35. The molecule has 0 bridgehead atoms. The molecule has 1 unspecified atom stereocenters. The van der Waals surface area contributed by atoms with E-state index in [0.717, 1.165) is 50.2 Å². The molecule has 0 saturated carbocycles. The quantitative estimate of drug-likeness (QED) is 0.388. The summed E-state index contributed by atoms with van der Waals surface area (Å²) in [5.41, 5.74) is 1.26. The summed E-state index contributed by atoms with van der Waals surface area (Å²) in [5, 5.41) is 12.1. The molecule has 0 amide bonds. The molecule has 2 aromatic rings. The van der Waals surface area contributed by atoms with Crippen molar-refractivity contribution in [2.45, 2.75) is 45.2 Å². The van der Waals surface area contributed by atoms with Crippen molar-refractivity contribution in [3.63, 3.8) is 0 Å². The predicted octanol–water partition coefficient (Wildman–Crippen LogP) is 2.27. The highest BCUT2D eigenvalue weighted by Crippen LogP contribution is 2.20. The summed E-state index contributed by atoms with van der Waals surface area (Å²) in [6.07, 6.45) is 4.96. The van der Waals surface area contributed by atoms with Crippen LogP contribution in [0.4, 0.5) is 5.69 Å². The number of nitrogens with zero attached hydrogens (tertiary/aromatic N) is 7. The number of aromatic nitrogens is 3. The van der Waals surface area contributed by atoms with Crippen molar-refractivity contribution in [3.8, 4) is 0 Å². The van der Waals surface area contributed by atoms with Crippen molar-refractivity contribution in [3.05, 3.63) is 42.0 Å². The van der Waals surface area contributed by atoms with Crippen LogP contribution < -0.4 is 10.2 Å². The molecule has 2 aliphatic rings. The largest absolute Gasteiger partial charge is 0.375 e. The van der Waals surface area contributed by atoms with E-state index in [1.54, 1.807) is 0 Å². The molecule has 0 aliphatic carbocycles. The number of hydrogen-bond donors (Lipinski definition) is 1. The molecule has 174 valence electrons. The zero-order chi connectivity index (χ0) is 22.3. The van der Waals surface area contributed by atoms with Crippen molar-refractivity contribution < 1.29 is 0 Å². The molecule has 8 heteroatoms. The van der Waals surface area contributed by atoms with E-state index in [4.69, 9.17) is 4.99 Å². The van der Waals surface area contributed by atoms with Gasteiger partial charge in [0.05, 0.1) is 0 Å². The molecule has 0 radical (unpaired) electrons. The van der Waals surface area contributed by atoms with E-state index in [1.165, 1.54) is 38.0 Å². The number of nitrogens with one attached hydrogen (secondary N) is 1. The number of aryl methyl sites for hydroxylation is 1. The second-order valence-corrected chi connectivity index (χ2v) is 9.03. The first-order valence-electron chi connectivity index (χ1n) is 12.0. The van der Waals surface area contributed by atoms with Crippen molar-refractivity contribution >= 4 is 11.6 Å². The van der Waals surface area contributed by atoms with Gasteiger partial charge in [-0.05, 0) is 57.8 Å². The number of guanidine groups is 1. The van der Waals surface area contributed by atoms with Gasteiger partial charge in [-0.25, -0.2) is 4.99 Å². The summed E-state index contributed by atoms with van der Waals surface area (Å²) in [6, 6.07) is 11.2. The Morgan fingerprint density at radius 3 is 2.66 bits per heavy atom. The zero-order valence-electron chi connectivity index (χ0n) is 19.9. The number of likely N-dealkylation sites (tertiary alicyclic amines) is 2. The zero-order valence-corrected chi connectivity index (χ0v) is 19.9. The van der Waals surface area contributed by atoms with Crippen LogP contribution in [-0.2, 0) is 13.6 Å². The highest BCUT2D eigenvalue weighted by molar-refractivity contribution is 5.80. The van der Waals surface area contributed by atoms with Gasteiger partial charge in [-0.3, -0.25) is 4.90 Å². The first-order valence-corrected chi connectivity index (χ1v) is 12.0. The van der Waals surface area contributed by atoms with Crippen LogP contribution in [-0.4, -0.2) is 82.9 Å². The Hall–Kier alpha value is -2.61. The number of rotatable bonds is 8. The van der Waals surface area contributed by atoms with Crippen LogP contribution in [0, 0.1) is 6.92 Å². The number of benzene rings is 1. The van der Waals surface area contributed by atoms with E-state index in [0.29, 0.717) is 12.6 Å². The van der Waals surface area contributed by atoms with E-state index in [2.05, 4.69) is 67.6 Å². The minimum Gasteiger partial charge on any atom is -0.375 e. The fourth-order valence-electron chi connectivity index (χ4n) is 4.67. The Morgan fingerprint density at radius 2 is 1.94 bits per heavy atom. The van der Waals surface area contributed by atoms with Crippen molar-refractivity contribution in [1.29, 1.82) is 0 Å². The van der Waals surface area contributed by atoms with E-state index < -0.39 is 0 Å². The standard InChI is InChI=1S/C24H38N8/c1-20-27-28-23(30(20)3)18-26-24(32-17-12-22(19-32)31-15-7-8-16-31)25-13-9-14-29(2)21-10-5-4-6-11-21/h4-6,10-11,22H,7-9,12-19H2,1-3H3,(H,25,26). The van der Waals surface area contributed by atoms with Crippen LogP contribution in [0.2, 0.25) is 0 Å². The van der Waals surface area contributed by atoms with Gasteiger partial charge in [0.1, 0.15) is 12.4 Å². The molecular formula is C24H38N8. The maximum Gasteiger partial charge on any atom is 0.194 e. The molecular weight excluding hydrogens is 400 g/mol. The monoisotopic (exact) mass is 438 g/mol. The average Bonchev–Trinajstić information content (AvgIpc) is 3.57. The third-order valence-corrected chi connectivity index (χ3v) is 6.82. The summed E-state index contributed by atoms with van der Waals surface area (Å²) >= 11 is 0. The molecule has 4 rings (SSSR count). The van der Waals surface area contributed by atoms with Crippen LogP contribution in [0.25, 0.3) is 0 Å². The van der Waals surface area contributed by atoms with E-state index >= 15 is 0 Å². The van der Waals surface area contributed by atoms with Gasteiger partial charge in [0.25, 0.3) is 0 Å². The first kappa shape index (κ1) is 22.6. The Labute approximate surface area is 192 Å². The van der Waals surface area contributed by atoms with Gasteiger partial charge in [-0.15, -0.1) is 10.2 Å². The molecule has 2 saturated heterocycles. The average molecular weight is 439 g/mol. The molecule has 8 nitrogen and oxygen atoms in total. The van der Waals surface area contributed by atoms with Crippen LogP contribution in [0.5, 0.6) is 0 Å². The smallest absolute Gasteiger partial charge is 0.194 e. The van der Waals surface area contributed by atoms with Gasteiger partial charge in [0.15, 0.2) is 11.8 Å². The summed E-state index contributed by atoms with van der Waals surface area (Å²) < 4.78 is 2.02. The maximum absolute atomic E-state index is 4.96. The Morgan fingerprint density at radius 1 is 1.16 bits per heavy atom. The predicted molar refractivity (Wildman–Crippen MR) is 130 cm³/mol. The van der Waals surface area contributed by atoms with Crippen molar-refractivity contribution in [2.75, 3.05) is 51.2 Å². The normalized spacial score (nSPS) is 19.7. The lowest BCUT2D eigenvalue weighted by Gasteiger charge is -2.26. The lowest BCUT2D eigenvalue weighted by Crippen LogP contribution is -2.43. The van der Waals surface area contributed by atoms with E-state index in [-0.39, 0.29) is 0 Å². The van der Waals surface area contributed by atoms with Crippen molar-refractivity contribution in [2.24, 2.45) is 12.0 Å². The fraction of sp³-hybridized carbons (Fsp3) is 0.625. The third-order valence-electron chi connectivity index (χ3n) is 6.82. The third kappa shape index (κ3) is 5.59. The Bertz CT molecular complexity index is 871. The summed E-state index contributed by atoms with van der Waals surface area (Å²) in [4.78, 5) is 12.4. The van der Waals surface area contributed by atoms with Crippen LogP contribution in [0.3, 0.4) is 0 Å². The molecule has 1 atom stereocenters. The molecule has 1 N–H and O–H groups in total. The molecule has 32 heavy (non-hydrogen) atoms. The van der Waals surface area contributed by atoms with Crippen molar-refractivity contribution in [1.82, 2.24) is 29.9 Å². The minimum atomic E-state index is 0.550. The second kappa shape index (κ2) is 10.8. The number of hydrogen-bond acceptors (Lipinski definition) is 5. The maximum atomic E-state index is 4.96. The van der Waals surface area contributed by atoms with Gasteiger partial charge in [0, 0.05) is 52.0 Å². The second-order valence-electron chi connectivity index (χ2n) is 9.03. The summed E-state index contributed by atoms with van der Waals surface area (Å²) in [5.74, 6) is 2.83. The van der Waals surface area contributed by atoms with Gasteiger partial charge in [-0.1, -0.05) is 18.2 Å². The molecule has 1 aromatic heterocycles. The van der Waals surface area contributed by atoms with Crippen LogP contribution in [0.15, 0.2) is 35.3 Å². The van der Waals surface area contributed by atoms with E-state index in [9.17, 15) is 0 Å². The summed E-state index contributed by atoms with van der Waals surface area (Å²) in [6.45, 7) is 9.06. The SMILES string of the molecule is Cc1nnc(CN=C(NCCCN(C)c2ccccc2)N2CCC(N3CCCC3)C2)n1C. The van der Waals surface area contributed by atoms with Gasteiger partial charge >= 0.3 is 0 Å². The molecule has 2 aliphatic heterocycles. The minimum absolute atomic E-state index is 0.550. The molecule has 2 fully saturated rings. The van der Waals surface area contributed by atoms with Gasteiger partial charge in [-0.2, -0.15) is 0 Å². The highest BCUT2D eigenvalue weighted by atomic mass is 15.4. The Kier molecular flexibility index (Phi) is 7.63. The fourth-order valence-corrected chi connectivity index (χ4v) is 4.67. The molecule has 1 aromatic carbocycles. The summed E-state index contributed by atoms with van der Waals surface area (Å²) in [7, 11) is 4.16. The number of aliphatic imine (C=N–C) groups is 1. The first-order chi connectivity index (χ1) is 15.6. The van der Waals surface area contributed by atoms with Crippen LogP contribution >= 0.6 is 0 Å². The van der Waals surface area contributed by atoms with Gasteiger partial charge < -0.3 is 19.7 Å². The lowest BCUT2D eigenvalue weighted by molar-refractivity contribution is 0.249. The molecule has 3 heterocycles. The van der Waals surface area contributed by atoms with Gasteiger partial charge in [0.2, 0.25) is 0 Å². The number of anilines is 1. The van der Waals surface area contributed by atoms with Crippen LogP contribution in [0.1, 0.15) is 37.3 Å². The number of para-hydroxylation sites is 1. The highest BCUT2D eigenvalue weighted by Gasteiger charge is 2.30. The van der Waals surface area contributed by atoms with E-state index in [1.807, 2.05) is 18.5 Å².